The van der Waals surface area contributed by atoms with Gasteiger partial charge in [-0.3, -0.25) is 4.57 Å². The smallest absolute Gasteiger partial charge is 0.363 e. The number of aliphatic hydroxyl groups excluding tert-OH is 1. The third-order valence-electron chi connectivity index (χ3n) is 5.68. The molecule has 1 aromatic carbocycles. The van der Waals surface area contributed by atoms with Crippen LogP contribution in [0.4, 0.5) is 0 Å². The molecule has 192 valence electrons. The number of allylic oxidation sites excluding steroid dienone is 1. The molecule has 1 atom stereocenters. The fraction of sp³-hybridized carbons (Fsp3) is 0.625. The Balaban J connectivity index is 2.50. The van der Waals surface area contributed by atoms with Crippen LogP contribution in [-0.2, 0) is 31.4 Å². The van der Waals surface area contributed by atoms with Crippen LogP contribution >= 0.6 is 7.60 Å². The minimum Gasteiger partial charge on any atom is -0.496 e. The van der Waals surface area contributed by atoms with Crippen LogP contribution in [0.5, 0.6) is 11.5 Å². The van der Waals surface area contributed by atoms with Crippen LogP contribution in [-0.4, -0.2) is 51.9 Å². The van der Waals surface area contributed by atoms with Crippen molar-refractivity contribution in [2.24, 2.45) is 0 Å². The van der Waals surface area contributed by atoms with E-state index in [9.17, 15) is 14.5 Å². The van der Waals surface area contributed by atoms with Crippen molar-refractivity contribution in [1.29, 1.82) is 0 Å². The summed E-state index contributed by atoms with van der Waals surface area (Å²) >= 11 is 0. The molecule has 0 fully saturated rings. The van der Waals surface area contributed by atoms with Gasteiger partial charge in [-0.25, -0.2) is 4.79 Å². The molecule has 0 spiro atoms. The van der Waals surface area contributed by atoms with Crippen LogP contribution in [0.15, 0.2) is 11.6 Å². The number of rotatable bonds is 13. The highest BCUT2D eigenvalue weighted by molar-refractivity contribution is 7.54. The number of fused-ring (bicyclic) bond motifs is 1. The van der Waals surface area contributed by atoms with E-state index in [1.54, 1.807) is 34.0 Å². The molecule has 1 aliphatic rings. The van der Waals surface area contributed by atoms with E-state index in [0.717, 1.165) is 17.2 Å². The molecule has 1 N–H and O–H groups in total. The minimum absolute atomic E-state index is 0.149. The van der Waals surface area contributed by atoms with E-state index in [2.05, 4.69) is 19.6 Å². The lowest BCUT2D eigenvalue weighted by atomic mass is 9.95. The van der Waals surface area contributed by atoms with Crippen molar-refractivity contribution in [2.75, 3.05) is 26.9 Å². The quantitative estimate of drug-likeness (QED) is 0.160. The second kappa shape index (κ2) is 11.9. The molecule has 1 unspecified atom stereocenters. The molecule has 1 heterocycles. The Bertz CT molecular complexity index is 957. The van der Waals surface area contributed by atoms with Gasteiger partial charge in [-0.05, 0) is 51.3 Å². The summed E-state index contributed by atoms with van der Waals surface area (Å²) in [7, 11) is -3.53. The van der Waals surface area contributed by atoms with Crippen molar-refractivity contribution < 1.29 is 37.7 Å². The van der Waals surface area contributed by atoms with Crippen LogP contribution in [0.1, 0.15) is 47.8 Å². The summed E-state index contributed by atoms with van der Waals surface area (Å²) in [6, 6.07) is 0.923. The molecule has 0 amide bonds. The largest absolute Gasteiger partial charge is 0.496 e. The molecule has 2 rings (SSSR count). The monoisotopic (exact) mass is 514 g/mol. The first-order chi connectivity index (χ1) is 15.9. The predicted octanol–water partition coefficient (Wildman–Crippen LogP) is 5.46. The SMILES string of the molecule is CCOP(=O)(OCC)C(O)/C(C)=C/Cc1c(OC)c(C)c2c(c1OCC[Si](C)(C)C)C(=O)OC2. The molecule has 34 heavy (non-hydrogen) atoms. The van der Waals surface area contributed by atoms with Gasteiger partial charge in [0.15, 0.2) is 5.85 Å². The van der Waals surface area contributed by atoms with Crippen LogP contribution in [0.3, 0.4) is 0 Å². The lowest BCUT2D eigenvalue weighted by molar-refractivity contribution is 0.0532. The van der Waals surface area contributed by atoms with Crippen molar-refractivity contribution >= 4 is 21.6 Å². The van der Waals surface area contributed by atoms with Gasteiger partial charge in [0.05, 0.1) is 26.9 Å². The topological polar surface area (TPSA) is 101 Å². The van der Waals surface area contributed by atoms with E-state index >= 15 is 0 Å². The Morgan fingerprint density at radius 2 is 1.82 bits per heavy atom. The summed E-state index contributed by atoms with van der Waals surface area (Å²) in [4.78, 5) is 12.6. The average molecular weight is 515 g/mol. The lowest BCUT2D eigenvalue weighted by Crippen LogP contribution is -2.23. The number of esters is 1. The van der Waals surface area contributed by atoms with E-state index < -0.39 is 27.5 Å². The second-order valence-corrected chi connectivity index (χ2v) is 17.2. The van der Waals surface area contributed by atoms with Gasteiger partial charge >= 0.3 is 13.6 Å². The van der Waals surface area contributed by atoms with Gasteiger partial charge in [-0.15, -0.1) is 0 Å². The normalized spacial score (nSPS) is 15.2. The molecule has 10 heteroatoms. The zero-order valence-electron chi connectivity index (χ0n) is 21.6. The number of carbonyl (C=O) groups excluding carboxylic acids is 1. The molecule has 0 saturated heterocycles. The van der Waals surface area contributed by atoms with Crippen molar-refractivity contribution in [3.8, 4) is 11.5 Å². The fourth-order valence-corrected chi connectivity index (χ4v) is 6.18. The maximum atomic E-state index is 13.0. The third-order valence-corrected chi connectivity index (χ3v) is 9.62. The number of carbonyl (C=O) groups is 1. The van der Waals surface area contributed by atoms with Crippen LogP contribution in [0.2, 0.25) is 25.7 Å². The highest BCUT2D eigenvalue weighted by Crippen LogP contribution is 2.54. The second-order valence-electron chi connectivity index (χ2n) is 9.46. The van der Waals surface area contributed by atoms with Crippen LogP contribution in [0.25, 0.3) is 0 Å². The first-order valence-corrected chi connectivity index (χ1v) is 17.0. The molecule has 0 bridgehead atoms. The number of benzene rings is 1. The van der Waals surface area contributed by atoms with Gasteiger partial charge in [0, 0.05) is 19.2 Å². The van der Waals surface area contributed by atoms with Gasteiger partial charge in [0.25, 0.3) is 0 Å². The number of hydrogen-bond acceptors (Lipinski definition) is 8. The van der Waals surface area contributed by atoms with E-state index in [1.165, 1.54) is 0 Å². The molecule has 0 radical (unpaired) electrons. The summed E-state index contributed by atoms with van der Waals surface area (Å²) in [6.07, 6.45) is 2.03. The lowest BCUT2D eigenvalue weighted by Gasteiger charge is -2.23. The fourth-order valence-electron chi connectivity index (χ4n) is 3.78. The zero-order valence-corrected chi connectivity index (χ0v) is 23.5. The molecular formula is C24H39O8PSi. The average Bonchev–Trinajstić information content (AvgIpc) is 3.14. The maximum absolute atomic E-state index is 13.0. The highest BCUT2D eigenvalue weighted by atomic mass is 31.2. The first-order valence-electron chi connectivity index (χ1n) is 11.7. The van der Waals surface area contributed by atoms with Crippen LogP contribution in [0, 0.1) is 6.92 Å². The van der Waals surface area contributed by atoms with Crippen molar-refractivity contribution in [1.82, 2.24) is 0 Å². The maximum Gasteiger partial charge on any atom is 0.363 e. The molecular weight excluding hydrogens is 475 g/mol. The molecule has 0 aliphatic carbocycles. The van der Waals surface area contributed by atoms with Gasteiger partial charge in [-0.1, -0.05) is 25.7 Å². The Morgan fingerprint density at radius 1 is 1.21 bits per heavy atom. The summed E-state index contributed by atoms with van der Waals surface area (Å²) in [6.45, 7) is 14.7. The number of hydrogen-bond donors (Lipinski definition) is 1. The van der Waals surface area contributed by atoms with E-state index in [-0.39, 0.29) is 26.2 Å². The van der Waals surface area contributed by atoms with Crippen molar-refractivity contribution in [3.63, 3.8) is 0 Å². The van der Waals surface area contributed by atoms with Gasteiger partial charge in [0.2, 0.25) is 0 Å². The number of ether oxygens (including phenoxy) is 3. The summed E-state index contributed by atoms with van der Waals surface area (Å²) < 4.78 is 40.8. The Kier molecular flexibility index (Phi) is 9.98. The Morgan fingerprint density at radius 3 is 2.35 bits per heavy atom. The molecule has 8 nitrogen and oxygen atoms in total. The zero-order chi connectivity index (χ0) is 25.7. The van der Waals surface area contributed by atoms with Gasteiger partial charge < -0.3 is 28.4 Å². The molecule has 1 aromatic rings. The number of methoxy groups -OCH3 is 1. The standard InChI is InChI=1S/C24H39O8PSi/c1-9-31-33(27,32-10-2)24(26)16(3)11-12-18-21(28-5)17(4)19-15-30-23(25)20(19)22(18)29-13-14-34(6,7)8/h11,24,26H,9-10,12-15H2,1-8H3/b16-11+. The first kappa shape index (κ1) is 28.6. The van der Waals surface area contributed by atoms with E-state index in [4.69, 9.17) is 23.3 Å². The van der Waals surface area contributed by atoms with E-state index in [0.29, 0.717) is 34.8 Å². The summed E-state index contributed by atoms with van der Waals surface area (Å²) in [5.74, 6) is -0.760. The third kappa shape index (κ3) is 6.52. The van der Waals surface area contributed by atoms with E-state index in [1.807, 2.05) is 6.92 Å². The summed E-state index contributed by atoms with van der Waals surface area (Å²) in [5.41, 5.74) is 3.14. The van der Waals surface area contributed by atoms with Gasteiger partial charge in [-0.2, -0.15) is 0 Å². The summed E-state index contributed by atoms with van der Waals surface area (Å²) in [5, 5.41) is 10.7. The minimum atomic E-state index is -3.73. The van der Waals surface area contributed by atoms with Gasteiger partial charge in [0.1, 0.15) is 23.7 Å². The molecule has 0 aromatic heterocycles. The van der Waals surface area contributed by atoms with Crippen molar-refractivity contribution in [2.45, 2.75) is 72.3 Å². The predicted molar refractivity (Wildman–Crippen MR) is 135 cm³/mol. The highest BCUT2D eigenvalue weighted by Gasteiger charge is 2.36. The number of aliphatic hydroxyl groups is 1. The Hall–Kier alpha value is -1.64. The molecule has 0 saturated carbocycles. The number of cyclic esters (lactones) is 1. The van der Waals surface area contributed by atoms with Crippen LogP contribution < -0.4 is 9.47 Å². The molecule has 1 aliphatic heterocycles. The van der Waals surface area contributed by atoms with Crippen molar-refractivity contribution in [3.05, 3.63) is 33.9 Å². The Labute approximate surface area is 204 Å².